The van der Waals surface area contributed by atoms with E-state index in [-0.39, 0.29) is 18.4 Å². The number of carboxylic acid groups (broad SMARTS) is 1. The number of carbonyl (C=O) groups excluding carboxylic acids is 1. The molecule has 0 radical (unpaired) electrons. The summed E-state index contributed by atoms with van der Waals surface area (Å²) >= 11 is 0. The van der Waals surface area contributed by atoms with E-state index in [4.69, 9.17) is 5.11 Å². The van der Waals surface area contributed by atoms with Gasteiger partial charge in [0.2, 0.25) is 5.91 Å². The Kier molecular flexibility index (Phi) is 6.52. The molecular weight excluding hydrogens is 246 g/mol. The molecule has 1 amide bonds. The van der Waals surface area contributed by atoms with Crippen LogP contribution in [0.25, 0.3) is 0 Å². The highest BCUT2D eigenvalue weighted by Crippen LogP contribution is 2.07. The fraction of sp³-hybridized carbons (Fsp3) is 0.692. The third-order valence-electron chi connectivity index (χ3n) is 3.40. The Bertz CT molecular complexity index is 325. The van der Waals surface area contributed by atoms with Gasteiger partial charge in [0.25, 0.3) is 0 Å². The lowest BCUT2D eigenvalue weighted by atomic mass is 10.2. The van der Waals surface area contributed by atoms with Crippen LogP contribution < -0.4 is 5.32 Å². The molecule has 1 atom stereocenters. The minimum Gasteiger partial charge on any atom is -0.481 e. The molecule has 0 aliphatic carbocycles. The van der Waals surface area contributed by atoms with Crippen molar-refractivity contribution in [3.8, 4) is 0 Å². The highest BCUT2D eigenvalue weighted by molar-refractivity contribution is 5.81. The van der Waals surface area contributed by atoms with Crippen LogP contribution in [0.4, 0.5) is 0 Å². The van der Waals surface area contributed by atoms with Crippen LogP contribution in [0.5, 0.6) is 0 Å². The van der Waals surface area contributed by atoms with Crippen molar-refractivity contribution in [2.45, 2.75) is 19.4 Å². The largest absolute Gasteiger partial charge is 0.481 e. The smallest absolute Gasteiger partial charge is 0.304 e. The monoisotopic (exact) mass is 269 g/mol. The predicted octanol–water partition coefficient (Wildman–Crippen LogP) is -0.231. The molecule has 1 aliphatic heterocycles. The number of rotatable bonds is 7. The van der Waals surface area contributed by atoms with E-state index in [0.29, 0.717) is 13.1 Å². The van der Waals surface area contributed by atoms with Gasteiger partial charge in [-0.3, -0.25) is 14.5 Å². The number of carbonyl (C=O) groups is 2. The second-order valence-electron chi connectivity index (χ2n) is 4.73. The summed E-state index contributed by atoms with van der Waals surface area (Å²) in [5, 5.41) is 11.4. The van der Waals surface area contributed by atoms with E-state index >= 15 is 0 Å². The van der Waals surface area contributed by atoms with Crippen molar-refractivity contribution in [2.75, 3.05) is 39.3 Å². The van der Waals surface area contributed by atoms with Crippen molar-refractivity contribution in [3.05, 3.63) is 12.7 Å². The summed E-state index contributed by atoms with van der Waals surface area (Å²) in [6.07, 6.45) is 1.84. The normalized spacial score (nSPS) is 18.8. The first kappa shape index (κ1) is 15.7. The van der Waals surface area contributed by atoms with Crippen LogP contribution in [-0.4, -0.2) is 72.1 Å². The van der Waals surface area contributed by atoms with Gasteiger partial charge in [0.15, 0.2) is 0 Å². The van der Waals surface area contributed by atoms with Crippen LogP contribution in [0.2, 0.25) is 0 Å². The quantitative estimate of drug-likeness (QED) is 0.625. The Hall–Kier alpha value is -1.40. The van der Waals surface area contributed by atoms with Gasteiger partial charge in [0, 0.05) is 39.3 Å². The second kappa shape index (κ2) is 7.91. The summed E-state index contributed by atoms with van der Waals surface area (Å²) in [5.74, 6) is -0.751. The molecule has 1 rings (SSSR count). The Morgan fingerprint density at radius 1 is 1.37 bits per heavy atom. The van der Waals surface area contributed by atoms with Gasteiger partial charge in [-0.2, -0.15) is 0 Å². The molecule has 2 N–H and O–H groups in total. The third-order valence-corrected chi connectivity index (χ3v) is 3.40. The molecular formula is C13H23N3O3. The van der Waals surface area contributed by atoms with Gasteiger partial charge < -0.3 is 15.3 Å². The average molecular weight is 269 g/mol. The molecule has 6 heteroatoms. The Morgan fingerprint density at radius 2 is 2.00 bits per heavy atom. The van der Waals surface area contributed by atoms with Gasteiger partial charge in [0.1, 0.15) is 0 Å². The van der Waals surface area contributed by atoms with Gasteiger partial charge in [-0.25, -0.2) is 0 Å². The van der Waals surface area contributed by atoms with Crippen molar-refractivity contribution in [1.29, 1.82) is 0 Å². The fourth-order valence-corrected chi connectivity index (χ4v) is 2.11. The van der Waals surface area contributed by atoms with E-state index in [1.54, 1.807) is 6.08 Å². The maximum absolute atomic E-state index is 11.8. The van der Waals surface area contributed by atoms with Crippen molar-refractivity contribution in [3.63, 3.8) is 0 Å². The number of amides is 1. The molecule has 0 spiro atoms. The van der Waals surface area contributed by atoms with Crippen molar-refractivity contribution in [1.82, 2.24) is 15.1 Å². The van der Waals surface area contributed by atoms with Crippen molar-refractivity contribution >= 4 is 11.9 Å². The second-order valence-corrected chi connectivity index (χ2v) is 4.73. The topological polar surface area (TPSA) is 72.9 Å². The molecule has 1 aliphatic rings. The highest BCUT2D eigenvalue weighted by Gasteiger charge is 2.25. The zero-order valence-corrected chi connectivity index (χ0v) is 11.5. The van der Waals surface area contributed by atoms with E-state index in [1.165, 1.54) is 0 Å². The first-order chi connectivity index (χ1) is 9.04. The lowest BCUT2D eigenvalue weighted by molar-refractivity contribution is -0.137. The summed E-state index contributed by atoms with van der Waals surface area (Å²) in [4.78, 5) is 26.6. The maximum atomic E-state index is 11.8. The minimum absolute atomic E-state index is 0.0129. The molecule has 1 heterocycles. The predicted molar refractivity (Wildman–Crippen MR) is 72.9 cm³/mol. The number of carboxylic acids is 1. The summed E-state index contributed by atoms with van der Waals surface area (Å²) in [6, 6.07) is -0.151. The molecule has 0 bridgehead atoms. The Labute approximate surface area is 114 Å². The molecule has 19 heavy (non-hydrogen) atoms. The zero-order valence-electron chi connectivity index (χ0n) is 11.5. The molecule has 0 saturated carbocycles. The number of nitrogens with zero attached hydrogens (tertiary/aromatic N) is 2. The third kappa shape index (κ3) is 5.40. The minimum atomic E-state index is -0.764. The van der Waals surface area contributed by atoms with Crippen LogP contribution in [0, 0.1) is 0 Å². The first-order valence-electron chi connectivity index (χ1n) is 6.61. The average Bonchev–Trinajstić information content (AvgIpc) is 2.42. The zero-order chi connectivity index (χ0) is 14.3. The van der Waals surface area contributed by atoms with E-state index in [0.717, 1.165) is 26.2 Å². The molecule has 6 nitrogen and oxygen atoms in total. The fourth-order valence-electron chi connectivity index (χ4n) is 2.11. The summed E-state index contributed by atoms with van der Waals surface area (Å²) in [6.45, 7) is 9.74. The number of nitrogens with one attached hydrogen (secondary N) is 1. The molecule has 0 aromatic heterocycles. The molecule has 0 aromatic rings. The molecule has 0 aromatic carbocycles. The number of aliphatic carboxylic acids is 1. The van der Waals surface area contributed by atoms with Crippen LogP contribution >= 0.6 is 0 Å². The number of piperazine rings is 1. The number of hydrogen-bond acceptors (Lipinski definition) is 4. The van der Waals surface area contributed by atoms with E-state index in [9.17, 15) is 9.59 Å². The van der Waals surface area contributed by atoms with E-state index in [1.807, 2.05) is 6.92 Å². The van der Waals surface area contributed by atoms with Gasteiger partial charge in [-0.05, 0) is 6.92 Å². The van der Waals surface area contributed by atoms with Crippen LogP contribution in [0.15, 0.2) is 12.7 Å². The molecule has 1 saturated heterocycles. The summed E-state index contributed by atoms with van der Waals surface area (Å²) in [7, 11) is 0. The van der Waals surface area contributed by atoms with E-state index in [2.05, 4.69) is 21.7 Å². The Morgan fingerprint density at radius 3 is 2.53 bits per heavy atom. The summed E-state index contributed by atoms with van der Waals surface area (Å²) < 4.78 is 0. The molecule has 1 unspecified atom stereocenters. The highest BCUT2D eigenvalue weighted by atomic mass is 16.4. The lowest BCUT2D eigenvalue weighted by Crippen LogP contribution is -2.54. The van der Waals surface area contributed by atoms with E-state index < -0.39 is 5.97 Å². The van der Waals surface area contributed by atoms with Crippen molar-refractivity contribution < 1.29 is 14.7 Å². The van der Waals surface area contributed by atoms with Gasteiger partial charge >= 0.3 is 5.97 Å². The number of hydrogen-bond donors (Lipinski definition) is 2. The van der Waals surface area contributed by atoms with Crippen molar-refractivity contribution in [2.24, 2.45) is 0 Å². The molecule has 1 fully saturated rings. The first-order valence-corrected chi connectivity index (χ1v) is 6.61. The Balaban J connectivity index is 2.30. The standard InChI is InChI=1S/C13H23N3O3/c1-3-5-14-13(19)11(2)16-9-7-15(8-10-16)6-4-12(17)18/h3,11H,1,4-10H2,2H3,(H,14,19)(H,17,18). The van der Waals surface area contributed by atoms with Crippen LogP contribution in [-0.2, 0) is 9.59 Å². The van der Waals surface area contributed by atoms with Crippen LogP contribution in [0.1, 0.15) is 13.3 Å². The lowest BCUT2D eigenvalue weighted by Gasteiger charge is -2.37. The summed E-state index contributed by atoms with van der Waals surface area (Å²) in [5.41, 5.74) is 0. The SMILES string of the molecule is C=CCNC(=O)C(C)N1CCN(CCC(=O)O)CC1. The van der Waals surface area contributed by atoms with Crippen LogP contribution in [0.3, 0.4) is 0 Å². The van der Waals surface area contributed by atoms with Gasteiger partial charge in [-0.15, -0.1) is 6.58 Å². The van der Waals surface area contributed by atoms with Gasteiger partial charge in [0.05, 0.1) is 12.5 Å². The van der Waals surface area contributed by atoms with Gasteiger partial charge in [-0.1, -0.05) is 6.08 Å². The molecule has 108 valence electrons. The maximum Gasteiger partial charge on any atom is 0.304 e.